The molecule has 1 aromatic heterocycles. The minimum atomic E-state index is -4.96. The molecule has 10 heteroatoms. The molecule has 0 saturated heterocycles. The third-order valence-corrected chi connectivity index (χ3v) is 3.30. The molecule has 0 aliphatic carbocycles. The topological polar surface area (TPSA) is 65.5 Å². The Morgan fingerprint density at radius 3 is 2.33 bits per heavy atom. The maximum atomic E-state index is 12.1. The van der Waals surface area contributed by atoms with Crippen molar-refractivity contribution in [3.8, 4) is 11.6 Å². The molecule has 1 heterocycles. The van der Waals surface area contributed by atoms with Crippen LogP contribution in [0.2, 0.25) is 0 Å². The van der Waals surface area contributed by atoms with Crippen molar-refractivity contribution in [2.45, 2.75) is 18.2 Å². The van der Waals surface area contributed by atoms with Gasteiger partial charge in [0.15, 0.2) is 10.6 Å². The first kappa shape index (κ1) is 14.8. The van der Waals surface area contributed by atoms with Gasteiger partial charge in [-0.2, -0.15) is 0 Å². The Labute approximate surface area is 105 Å². The molecular formula is C8H7ClF3NO4S. The lowest BCUT2D eigenvalue weighted by atomic mass is 10.3. The van der Waals surface area contributed by atoms with Gasteiger partial charge in [-0.05, 0) is 6.92 Å². The molecule has 0 aromatic carbocycles. The monoisotopic (exact) mass is 305 g/mol. The van der Waals surface area contributed by atoms with Gasteiger partial charge in [0.05, 0.1) is 13.3 Å². The van der Waals surface area contributed by atoms with Crippen molar-refractivity contribution in [3.63, 3.8) is 0 Å². The molecule has 1 rings (SSSR count). The molecule has 102 valence electrons. The predicted molar refractivity (Wildman–Crippen MR) is 55.2 cm³/mol. The average molecular weight is 306 g/mol. The quantitative estimate of drug-likeness (QED) is 0.801. The van der Waals surface area contributed by atoms with Gasteiger partial charge in [-0.3, -0.25) is 0 Å². The average Bonchev–Trinajstić information content (AvgIpc) is 2.16. The number of ether oxygens (including phenoxy) is 2. The number of aromatic nitrogens is 1. The maximum Gasteiger partial charge on any atom is 0.573 e. The zero-order valence-electron chi connectivity index (χ0n) is 9.08. The fourth-order valence-electron chi connectivity index (χ4n) is 1.21. The Morgan fingerprint density at radius 1 is 1.39 bits per heavy atom. The van der Waals surface area contributed by atoms with Crippen molar-refractivity contribution >= 4 is 19.7 Å². The molecule has 0 spiro atoms. The van der Waals surface area contributed by atoms with Gasteiger partial charge in [-0.25, -0.2) is 13.4 Å². The lowest BCUT2D eigenvalue weighted by molar-refractivity contribution is -0.275. The van der Waals surface area contributed by atoms with E-state index in [-0.39, 0.29) is 5.56 Å². The van der Waals surface area contributed by atoms with Gasteiger partial charge in [0.25, 0.3) is 9.05 Å². The Bertz CT molecular complexity index is 558. The summed E-state index contributed by atoms with van der Waals surface area (Å²) in [5.74, 6) is -1.17. The highest BCUT2D eigenvalue weighted by atomic mass is 35.7. The Balaban J connectivity index is 3.45. The van der Waals surface area contributed by atoms with E-state index in [1.54, 1.807) is 0 Å². The van der Waals surface area contributed by atoms with Gasteiger partial charge < -0.3 is 9.47 Å². The van der Waals surface area contributed by atoms with Crippen molar-refractivity contribution in [1.82, 2.24) is 4.98 Å². The van der Waals surface area contributed by atoms with Crippen LogP contribution in [0.15, 0.2) is 11.1 Å². The second-order valence-corrected chi connectivity index (χ2v) is 5.57. The highest BCUT2D eigenvalue weighted by Crippen LogP contribution is 2.35. The Kier molecular flexibility index (Phi) is 3.96. The summed E-state index contributed by atoms with van der Waals surface area (Å²) in [5, 5.41) is 0. The van der Waals surface area contributed by atoms with Crippen LogP contribution < -0.4 is 9.47 Å². The standard InChI is InChI=1S/C8H7ClF3NO4S/c1-4-5(17-8(10,11)12)3-13-7(16-2)6(4)18(9,14)15/h3H,1-2H3. The van der Waals surface area contributed by atoms with E-state index in [9.17, 15) is 21.6 Å². The second-order valence-electron chi connectivity index (χ2n) is 3.07. The highest BCUT2D eigenvalue weighted by molar-refractivity contribution is 8.13. The Morgan fingerprint density at radius 2 is 1.94 bits per heavy atom. The molecule has 0 radical (unpaired) electrons. The highest BCUT2D eigenvalue weighted by Gasteiger charge is 2.34. The van der Waals surface area contributed by atoms with Crippen molar-refractivity contribution < 1.29 is 31.1 Å². The molecule has 0 bridgehead atoms. The normalized spacial score (nSPS) is 12.3. The number of methoxy groups -OCH3 is 1. The van der Waals surface area contributed by atoms with Gasteiger partial charge in [0, 0.05) is 16.2 Å². The zero-order valence-corrected chi connectivity index (χ0v) is 10.7. The number of pyridine rings is 1. The molecule has 0 fully saturated rings. The number of hydrogen-bond acceptors (Lipinski definition) is 5. The van der Waals surface area contributed by atoms with E-state index in [1.165, 1.54) is 0 Å². The molecule has 0 unspecified atom stereocenters. The minimum absolute atomic E-state index is 0.339. The summed E-state index contributed by atoms with van der Waals surface area (Å²) >= 11 is 0. The van der Waals surface area contributed by atoms with Gasteiger partial charge in [-0.15, -0.1) is 13.2 Å². The van der Waals surface area contributed by atoms with E-state index in [2.05, 4.69) is 14.5 Å². The number of rotatable bonds is 3. The molecule has 0 aliphatic heterocycles. The second kappa shape index (κ2) is 4.81. The zero-order chi connectivity index (χ0) is 14.1. The third kappa shape index (κ3) is 3.39. The number of nitrogens with zero attached hydrogens (tertiary/aromatic N) is 1. The molecule has 18 heavy (non-hydrogen) atoms. The first-order chi connectivity index (χ1) is 8.06. The number of alkyl halides is 3. The van der Waals surface area contributed by atoms with Gasteiger partial charge >= 0.3 is 6.36 Å². The van der Waals surface area contributed by atoms with Crippen LogP contribution in [0, 0.1) is 6.92 Å². The maximum absolute atomic E-state index is 12.1. The van der Waals surface area contributed by atoms with E-state index >= 15 is 0 Å². The van der Waals surface area contributed by atoms with Crippen LogP contribution in [0.25, 0.3) is 0 Å². The van der Waals surface area contributed by atoms with Gasteiger partial charge in [-0.1, -0.05) is 0 Å². The van der Waals surface area contributed by atoms with Crippen LogP contribution in [0.3, 0.4) is 0 Å². The summed E-state index contributed by atoms with van der Waals surface area (Å²) < 4.78 is 67.0. The first-order valence-electron chi connectivity index (χ1n) is 4.30. The van der Waals surface area contributed by atoms with Crippen molar-refractivity contribution in [2.24, 2.45) is 0 Å². The van der Waals surface area contributed by atoms with Crippen LogP contribution in [0.5, 0.6) is 11.6 Å². The smallest absolute Gasteiger partial charge is 0.480 e. The summed E-state index contributed by atoms with van der Waals surface area (Å²) in [4.78, 5) is 2.74. The van der Waals surface area contributed by atoms with Crippen molar-refractivity contribution in [1.29, 1.82) is 0 Å². The SMILES string of the molecule is COc1ncc(OC(F)(F)F)c(C)c1S(=O)(=O)Cl. The molecule has 1 aromatic rings. The van der Waals surface area contributed by atoms with Crippen LogP contribution in [0.4, 0.5) is 13.2 Å². The van der Waals surface area contributed by atoms with E-state index in [0.29, 0.717) is 6.20 Å². The largest absolute Gasteiger partial charge is 0.573 e. The first-order valence-corrected chi connectivity index (χ1v) is 6.61. The fraction of sp³-hybridized carbons (Fsp3) is 0.375. The predicted octanol–water partition coefficient (Wildman–Crippen LogP) is 2.22. The van der Waals surface area contributed by atoms with E-state index < -0.39 is 31.9 Å². The van der Waals surface area contributed by atoms with E-state index in [1.807, 2.05) is 0 Å². The van der Waals surface area contributed by atoms with Crippen molar-refractivity contribution in [2.75, 3.05) is 7.11 Å². The fourth-order valence-corrected chi connectivity index (χ4v) is 2.56. The lowest BCUT2D eigenvalue weighted by Crippen LogP contribution is -2.18. The van der Waals surface area contributed by atoms with Gasteiger partial charge in [0.1, 0.15) is 0 Å². The van der Waals surface area contributed by atoms with Crippen LogP contribution >= 0.6 is 10.7 Å². The summed E-state index contributed by atoms with van der Waals surface area (Å²) in [6.07, 6.45) is -4.26. The molecule has 5 nitrogen and oxygen atoms in total. The number of hydrogen-bond donors (Lipinski definition) is 0. The molecule has 0 N–H and O–H groups in total. The third-order valence-electron chi connectivity index (χ3n) is 1.87. The van der Waals surface area contributed by atoms with Crippen molar-refractivity contribution in [3.05, 3.63) is 11.8 Å². The molecule has 0 atom stereocenters. The Hall–Kier alpha value is -1.22. The van der Waals surface area contributed by atoms with Crippen LogP contribution in [0.1, 0.15) is 5.56 Å². The van der Waals surface area contributed by atoms with E-state index in [4.69, 9.17) is 10.7 Å². The van der Waals surface area contributed by atoms with E-state index in [0.717, 1.165) is 14.0 Å². The van der Waals surface area contributed by atoms with Crippen LogP contribution in [-0.2, 0) is 9.05 Å². The van der Waals surface area contributed by atoms with Crippen LogP contribution in [-0.4, -0.2) is 26.9 Å². The minimum Gasteiger partial charge on any atom is -0.480 e. The summed E-state index contributed by atoms with van der Waals surface area (Å²) in [5.41, 5.74) is -0.339. The summed E-state index contributed by atoms with van der Waals surface area (Å²) in [7, 11) is 1.90. The molecule has 0 aliphatic rings. The molecule has 0 amide bonds. The molecular weight excluding hydrogens is 299 g/mol. The lowest BCUT2D eigenvalue weighted by Gasteiger charge is -2.14. The van der Waals surface area contributed by atoms with Gasteiger partial charge in [0.2, 0.25) is 5.88 Å². The number of halogens is 4. The summed E-state index contributed by atoms with van der Waals surface area (Å²) in [6, 6.07) is 0. The molecule has 0 saturated carbocycles. The summed E-state index contributed by atoms with van der Waals surface area (Å²) in [6.45, 7) is 1.10.